The van der Waals surface area contributed by atoms with Crippen LogP contribution in [0.2, 0.25) is 0 Å². The molecule has 2 aromatic heterocycles. The van der Waals surface area contributed by atoms with Gasteiger partial charge in [0.2, 0.25) is 0 Å². The molecule has 0 unspecified atom stereocenters. The lowest BCUT2D eigenvalue weighted by Gasteiger charge is -2.39. The van der Waals surface area contributed by atoms with Gasteiger partial charge in [-0.2, -0.15) is 0 Å². The van der Waals surface area contributed by atoms with Crippen molar-refractivity contribution in [2.24, 2.45) is 5.73 Å². The fourth-order valence-corrected chi connectivity index (χ4v) is 5.02. The van der Waals surface area contributed by atoms with E-state index in [2.05, 4.69) is 39.6 Å². The van der Waals surface area contributed by atoms with Gasteiger partial charge in [0, 0.05) is 30.2 Å². The number of pyridine rings is 1. The molecule has 2 aliphatic carbocycles. The van der Waals surface area contributed by atoms with E-state index in [9.17, 15) is 0 Å². The number of aromatic nitrogens is 3. The summed E-state index contributed by atoms with van der Waals surface area (Å²) in [6.45, 7) is 0. The summed E-state index contributed by atoms with van der Waals surface area (Å²) in [5, 5.41) is 3.90. The van der Waals surface area contributed by atoms with E-state index in [-0.39, 0.29) is 5.54 Å². The standard InChI is InChI=1S/C23H29N5/c24-23(15-21-27-18-7-1-2-8-19(18)28-21)12-10-17(11-13-23)26-20-9-3-5-16-6-4-14-25-22(16)20/h1-2,4,6-8,14,17,20,26H,3,5,9-13,15,24H2,(H,27,28)/t17-,20-,23+/m0/s1. The fraction of sp³-hybridized carbons (Fsp3) is 0.478. The van der Waals surface area contributed by atoms with Gasteiger partial charge in [0.25, 0.3) is 0 Å². The second-order valence-electron chi connectivity index (χ2n) is 8.67. The monoisotopic (exact) mass is 375 g/mol. The number of H-pyrrole nitrogens is 1. The van der Waals surface area contributed by atoms with Crippen LogP contribution in [0.3, 0.4) is 0 Å². The summed E-state index contributed by atoms with van der Waals surface area (Å²) < 4.78 is 0. The van der Waals surface area contributed by atoms with Crippen molar-refractivity contribution in [3.05, 3.63) is 59.7 Å². The van der Waals surface area contributed by atoms with Crippen molar-refractivity contribution in [3.63, 3.8) is 0 Å². The van der Waals surface area contributed by atoms with Crippen LogP contribution in [0.5, 0.6) is 0 Å². The molecule has 0 spiro atoms. The van der Waals surface area contributed by atoms with Crippen LogP contribution in [0.1, 0.15) is 61.6 Å². The molecule has 1 atom stereocenters. The van der Waals surface area contributed by atoms with E-state index in [1.807, 2.05) is 18.3 Å². The Kier molecular flexibility index (Phi) is 4.65. The molecular formula is C23H29N5. The van der Waals surface area contributed by atoms with E-state index < -0.39 is 0 Å². The van der Waals surface area contributed by atoms with E-state index in [1.165, 1.54) is 24.1 Å². The van der Waals surface area contributed by atoms with Crippen molar-refractivity contribution in [1.29, 1.82) is 0 Å². The van der Waals surface area contributed by atoms with Crippen LogP contribution in [0, 0.1) is 0 Å². The van der Waals surface area contributed by atoms with Crippen molar-refractivity contribution in [2.45, 2.75) is 69.0 Å². The Morgan fingerprint density at radius 1 is 1.11 bits per heavy atom. The number of imidazole rings is 1. The molecule has 1 fully saturated rings. The summed E-state index contributed by atoms with van der Waals surface area (Å²) in [5.41, 5.74) is 11.4. The molecule has 1 saturated carbocycles. The Morgan fingerprint density at radius 3 is 2.82 bits per heavy atom. The number of benzene rings is 1. The first-order valence-corrected chi connectivity index (χ1v) is 10.6. The lowest BCUT2D eigenvalue weighted by molar-refractivity contribution is 0.228. The van der Waals surface area contributed by atoms with Gasteiger partial charge in [-0.25, -0.2) is 4.98 Å². The number of hydrogen-bond donors (Lipinski definition) is 3. The van der Waals surface area contributed by atoms with Crippen molar-refractivity contribution in [1.82, 2.24) is 20.3 Å². The largest absolute Gasteiger partial charge is 0.342 e. The number of hydrogen-bond acceptors (Lipinski definition) is 4. The number of para-hydroxylation sites is 2. The molecule has 5 rings (SSSR count). The van der Waals surface area contributed by atoms with Gasteiger partial charge in [0.15, 0.2) is 0 Å². The average Bonchev–Trinajstić information content (AvgIpc) is 3.12. The minimum absolute atomic E-state index is 0.158. The molecule has 0 aliphatic heterocycles. The molecule has 5 heteroatoms. The van der Waals surface area contributed by atoms with E-state index >= 15 is 0 Å². The number of rotatable bonds is 4. The van der Waals surface area contributed by atoms with Gasteiger partial charge in [-0.15, -0.1) is 0 Å². The van der Waals surface area contributed by atoms with Gasteiger partial charge in [0.05, 0.1) is 16.7 Å². The van der Waals surface area contributed by atoms with E-state index in [0.717, 1.165) is 55.4 Å². The normalized spacial score (nSPS) is 27.6. The molecule has 28 heavy (non-hydrogen) atoms. The third-order valence-corrected chi connectivity index (χ3v) is 6.57. The number of nitrogens with zero attached hydrogens (tertiary/aromatic N) is 2. The topological polar surface area (TPSA) is 79.6 Å². The molecule has 0 radical (unpaired) electrons. The molecule has 5 nitrogen and oxygen atoms in total. The molecular weight excluding hydrogens is 346 g/mol. The zero-order chi connectivity index (χ0) is 19.0. The zero-order valence-electron chi connectivity index (χ0n) is 16.3. The molecule has 0 saturated heterocycles. The van der Waals surface area contributed by atoms with Crippen LogP contribution >= 0.6 is 0 Å². The van der Waals surface area contributed by atoms with Crippen LogP contribution in [-0.2, 0) is 12.8 Å². The summed E-state index contributed by atoms with van der Waals surface area (Å²) in [6, 6.07) is 13.4. The Bertz CT molecular complexity index is 921. The Balaban J connectivity index is 1.21. The number of fused-ring (bicyclic) bond motifs is 2. The van der Waals surface area contributed by atoms with E-state index in [4.69, 9.17) is 10.7 Å². The molecule has 2 aliphatic rings. The first-order valence-electron chi connectivity index (χ1n) is 10.6. The smallest absolute Gasteiger partial charge is 0.109 e. The summed E-state index contributed by atoms with van der Waals surface area (Å²) in [7, 11) is 0. The van der Waals surface area contributed by atoms with Gasteiger partial charge < -0.3 is 16.0 Å². The van der Waals surface area contributed by atoms with E-state index in [1.54, 1.807) is 0 Å². The van der Waals surface area contributed by atoms with Gasteiger partial charge in [-0.05, 0) is 68.7 Å². The Morgan fingerprint density at radius 2 is 1.96 bits per heavy atom. The maximum atomic E-state index is 6.78. The van der Waals surface area contributed by atoms with Gasteiger partial charge in [-0.1, -0.05) is 18.2 Å². The number of nitrogens with two attached hydrogens (primary N) is 1. The minimum atomic E-state index is -0.158. The minimum Gasteiger partial charge on any atom is -0.342 e. The highest BCUT2D eigenvalue weighted by molar-refractivity contribution is 5.74. The molecule has 4 N–H and O–H groups in total. The Hall–Kier alpha value is -2.24. The molecule has 146 valence electrons. The van der Waals surface area contributed by atoms with Crippen molar-refractivity contribution in [3.8, 4) is 0 Å². The predicted molar refractivity (Wildman–Crippen MR) is 112 cm³/mol. The van der Waals surface area contributed by atoms with Crippen molar-refractivity contribution >= 4 is 11.0 Å². The fourth-order valence-electron chi connectivity index (χ4n) is 5.02. The van der Waals surface area contributed by atoms with Crippen LogP contribution < -0.4 is 11.1 Å². The number of nitrogens with one attached hydrogen (secondary N) is 2. The average molecular weight is 376 g/mol. The maximum absolute atomic E-state index is 6.78. The molecule has 1 aromatic carbocycles. The second-order valence-corrected chi connectivity index (χ2v) is 8.67. The summed E-state index contributed by atoms with van der Waals surface area (Å²) in [4.78, 5) is 12.8. The lowest BCUT2D eigenvalue weighted by Crippen LogP contribution is -2.49. The summed E-state index contributed by atoms with van der Waals surface area (Å²) >= 11 is 0. The third kappa shape index (κ3) is 3.56. The van der Waals surface area contributed by atoms with Crippen molar-refractivity contribution in [2.75, 3.05) is 0 Å². The quantitative estimate of drug-likeness (QED) is 0.648. The first kappa shape index (κ1) is 17.8. The van der Waals surface area contributed by atoms with Gasteiger partial charge >= 0.3 is 0 Å². The maximum Gasteiger partial charge on any atom is 0.109 e. The third-order valence-electron chi connectivity index (χ3n) is 6.57. The van der Waals surface area contributed by atoms with Crippen LogP contribution in [-0.4, -0.2) is 26.5 Å². The first-order chi connectivity index (χ1) is 13.7. The van der Waals surface area contributed by atoms with Gasteiger partial charge in [-0.3, -0.25) is 4.98 Å². The Labute approximate surface area is 166 Å². The van der Waals surface area contributed by atoms with Crippen LogP contribution in [0.4, 0.5) is 0 Å². The predicted octanol–water partition coefficient (Wildman–Crippen LogP) is 3.81. The highest BCUT2D eigenvalue weighted by Crippen LogP contribution is 2.33. The second kappa shape index (κ2) is 7.30. The van der Waals surface area contributed by atoms with Crippen molar-refractivity contribution < 1.29 is 0 Å². The SMILES string of the molecule is N[C@]1(Cc2nc3ccccc3[nH]2)CC[C@H](N[C@H]2CCCc3cccnc32)CC1. The summed E-state index contributed by atoms with van der Waals surface area (Å²) in [6.07, 6.45) is 10.6. The highest BCUT2D eigenvalue weighted by atomic mass is 15.0. The van der Waals surface area contributed by atoms with E-state index in [0.29, 0.717) is 12.1 Å². The summed E-state index contributed by atoms with van der Waals surface area (Å²) in [5.74, 6) is 1.01. The molecule has 3 aromatic rings. The molecule has 2 heterocycles. The number of aromatic amines is 1. The van der Waals surface area contributed by atoms with Gasteiger partial charge in [0.1, 0.15) is 5.82 Å². The van der Waals surface area contributed by atoms with Crippen LogP contribution in [0.25, 0.3) is 11.0 Å². The highest BCUT2D eigenvalue weighted by Gasteiger charge is 2.34. The molecule has 0 amide bonds. The molecule has 0 bridgehead atoms. The lowest BCUT2D eigenvalue weighted by atomic mass is 9.77. The van der Waals surface area contributed by atoms with Crippen LogP contribution in [0.15, 0.2) is 42.6 Å². The zero-order valence-corrected chi connectivity index (χ0v) is 16.3. The number of aryl methyl sites for hydroxylation is 1.